The molecule has 0 atom stereocenters. The van der Waals surface area contributed by atoms with Gasteiger partial charge < -0.3 is 5.11 Å². The quantitative estimate of drug-likeness (QED) is 0.647. The smallest absolute Gasteiger partial charge is 0.178 e. The molecule has 0 unspecified atom stereocenters. The Hall–Kier alpha value is -2.32. The Morgan fingerprint density at radius 1 is 0.952 bits per heavy atom. The Kier molecular flexibility index (Phi) is 2.57. The highest BCUT2D eigenvalue weighted by atomic mass is 35.5. The van der Waals surface area contributed by atoms with Crippen LogP contribution in [-0.2, 0) is 4.79 Å². The number of hydrogen-bond acceptors (Lipinski definition) is 2. The highest BCUT2D eigenvalue weighted by Gasteiger charge is 2.12. The highest BCUT2D eigenvalue weighted by Crippen LogP contribution is 2.27. The second kappa shape index (κ2) is 4.34. The molecule has 0 saturated carbocycles. The van der Waals surface area contributed by atoms with Crippen LogP contribution in [0, 0.1) is 0 Å². The molecule has 1 aliphatic rings. The molecule has 0 spiro atoms. The molecular formula is C18H11ClO2. The maximum Gasteiger partial charge on any atom is 0.178 e. The number of fused-ring (bicyclic) bond motifs is 4. The number of phenols is 1. The summed E-state index contributed by atoms with van der Waals surface area (Å²) < 4.78 is 0. The third kappa shape index (κ3) is 1.83. The lowest BCUT2D eigenvalue weighted by Crippen LogP contribution is -2.31. The molecule has 4 rings (SSSR count). The SMILES string of the molecule is O=C1CC=c2cc3c(ccc4ccc(O)cc43)cc2=C1Cl. The Bertz CT molecular complexity index is 1050. The first kappa shape index (κ1) is 12.4. The fourth-order valence-corrected chi connectivity index (χ4v) is 3.15. The monoisotopic (exact) mass is 294 g/mol. The molecule has 2 nitrogen and oxygen atoms in total. The number of hydrogen-bond donors (Lipinski definition) is 1. The molecule has 21 heavy (non-hydrogen) atoms. The molecule has 102 valence electrons. The first-order valence-electron chi connectivity index (χ1n) is 6.72. The normalized spacial score (nSPS) is 14.3. The number of carbonyl (C=O) groups excluding carboxylic acids is 1. The molecule has 0 aliphatic heterocycles. The van der Waals surface area contributed by atoms with Crippen molar-refractivity contribution in [2.75, 3.05) is 0 Å². The summed E-state index contributed by atoms with van der Waals surface area (Å²) in [5.41, 5.74) is 0. The van der Waals surface area contributed by atoms with Gasteiger partial charge in [-0.05, 0) is 51.0 Å². The third-order valence-electron chi connectivity index (χ3n) is 3.98. The molecule has 0 aromatic heterocycles. The first-order chi connectivity index (χ1) is 10.1. The summed E-state index contributed by atoms with van der Waals surface area (Å²) in [5, 5.41) is 15.9. The lowest BCUT2D eigenvalue weighted by Gasteiger charge is -2.08. The van der Waals surface area contributed by atoms with Gasteiger partial charge in [0.1, 0.15) is 5.75 Å². The first-order valence-corrected chi connectivity index (χ1v) is 7.10. The number of phenolic OH excluding ortho intramolecular Hbond substituents is 1. The van der Waals surface area contributed by atoms with E-state index in [9.17, 15) is 9.90 Å². The highest BCUT2D eigenvalue weighted by molar-refractivity contribution is 6.61. The minimum atomic E-state index is -0.0399. The third-order valence-corrected chi connectivity index (χ3v) is 4.39. The molecule has 0 heterocycles. The van der Waals surface area contributed by atoms with E-state index in [0.29, 0.717) is 11.5 Å². The maximum atomic E-state index is 11.7. The Labute approximate surface area is 125 Å². The Morgan fingerprint density at radius 2 is 1.67 bits per heavy atom. The van der Waals surface area contributed by atoms with Crippen LogP contribution in [0.3, 0.4) is 0 Å². The summed E-state index contributed by atoms with van der Waals surface area (Å²) in [4.78, 5) is 11.7. The zero-order chi connectivity index (χ0) is 14.6. The zero-order valence-electron chi connectivity index (χ0n) is 11.1. The lowest BCUT2D eigenvalue weighted by atomic mass is 9.97. The van der Waals surface area contributed by atoms with Crippen LogP contribution >= 0.6 is 11.6 Å². The van der Waals surface area contributed by atoms with Gasteiger partial charge in [-0.25, -0.2) is 0 Å². The van der Waals surface area contributed by atoms with Crippen molar-refractivity contribution < 1.29 is 9.90 Å². The number of aromatic hydroxyl groups is 1. The van der Waals surface area contributed by atoms with Crippen molar-refractivity contribution in [3.63, 3.8) is 0 Å². The molecule has 1 N–H and O–H groups in total. The van der Waals surface area contributed by atoms with Gasteiger partial charge in [0.2, 0.25) is 0 Å². The van der Waals surface area contributed by atoms with Gasteiger partial charge in [0.15, 0.2) is 5.78 Å². The number of benzene rings is 3. The lowest BCUT2D eigenvalue weighted by molar-refractivity contribution is -0.112. The minimum Gasteiger partial charge on any atom is -0.508 e. The molecule has 0 radical (unpaired) electrons. The average Bonchev–Trinajstić information content (AvgIpc) is 2.50. The van der Waals surface area contributed by atoms with Gasteiger partial charge in [-0.15, -0.1) is 0 Å². The van der Waals surface area contributed by atoms with E-state index in [1.807, 2.05) is 36.4 Å². The van der Waals surface area contributed by atoms with Gasteiger partial charge in [0.05, 0.1) is 5.03 Å². The van der Waals surface area contributed by atoms with Crippen LogP contribution < -0.4 is 10.4 Å². The topological polar surface area (TPSA) is 37.3 Å². The van der Waals surface area contributed by atoms with E-state index >= 15 is 0 Å². The summed E-state index contributed by atoms with van der Waals surface area (Å²) >= 11 is 6.15. The fraction of sp³-hybridized carbons (Fsp3) is 0.0556. The largest absolute Gasteiger partial charge is 0.508 e. The Balaban J connectivity index is 2.24. The molecular weight excluding hydrogens is 284 g/mol. The van der Waals surface area contributed by atoms with Crippen LogP contribution in [0.25, 0.3) is 32.7 Å². The van der Waals surface area contributed by atoms with Crippen LogP contribution in [0.15, 0.2) is 42.5 Å². The van der Waals surface area contributed by atoms with Crippen LogP contribution in [0.5, 0.6) is 5.75 Å². The summed E-state index contributed by atoms with van der Waals surface area (Å²) in [6.07, 6.45) is 2.25. The second-order valence-electron chi connectivity index (χ2n) is 5.28. The maximum absolute atomic E-state index is 11.7. The molecule has 0 saturated heterocycles. The van der Waals surface area contributed by atoms with Gasteiger partial charge in [-0.1, -0.05) is 35.9 Å². The van der Waals surface area contributed by atoms with Gasteiger partial charge in [0, 0.05) is 11.6 Å². The molecule has 0 bridgehead atoms. The predicted octanol–water partition coefficient (Wildman–Crippen LogP) is 2.80. The van der Waals surface area contributed by atoms with E-state index in [-0.39, 0.29) is 11.5 Å². The van der Waals surface area contributed by atoms with Crippen LogP contribution in [0.4, 0.5) is 0 Å². The summed E-state index contributed by atoms with van der Waals surface area (Å²) in [6, 6.07) is 13.4. The van der Waals surface area contributed by atoms with E-state index < -0.39 is 0 Å². The van der Waals surface area contributed by atoms with Gasteiger partial charge >= 0.3 is 0 Å². The van der Waals surface area contributed by atoms with E-state index in [1.165, 1.54) is 0 Å². The van der Waals surface area contributed by atoms with E-state index in [1.54, 1.807) is 12.1 Å². The average molecular weight is 295 g/mol. The Morgan fingerprint density at radius 3 is 2.52 bits per heavy atom. The van der Waals surface area contributed by atoms with E-state index in [4.69, 9.17) is 11.6 Å². The van der Waals surface area contributed by atoms with Gasteiger partial charge in [0.25, 0.3) is 0 Å². The molecule has 1 aliphatic carbocycles. The number of ketones is 1. The van der Waals surface area contributed by atoms with Crippen molar-refractivity contribution >= 4 is 50.0 Å². The minimum absolute atomic E-state index is 0.0399. The molecule has 3 aromatic rings. The van der Waals surface area contributed by atoms with Crippen molar-refractivity contribution in [2.24, 2.45) is 0 Å². The summed E-state index contributed by atoms with van der Waals surface area (Å²) in [6.45, 7) is 0. The van der Waals surface area contributed by atoms with Crippen LogP contribution in [0.1, 0.15) is 6.42 Å². The standard InChI is InChI=1S/C18H11ClO2/c19-18-16-8-11-2-1-10-3-5-13(20)9-15(10)14(11)7-12(16)4-6-17(18)21/h1-5,7-9,20H,6H2. The van der Waals surface area contributed by atoms with Crippen LogP contribution in [-0.4, -0.2) is 10.9 Å². The summed E-state index contributed by atoms with van der Waals surface area (Å²) in [5.74, 6) is 0.207. The van der Waals surface area contributed by atoms with Crippen molar-refractivity contribution in [3.05, 3.63) is 52.9 Å². The number of rotatable bonds is 0. The van der Waals surface area contributed by atoms with Gasteiger partial charge in [-0.2, -0.15) is 0 Å². The van der Waals surface area contributed by atoms with E-state index in [0.717, 1.165) is 32.0 Å². The van der Waals surface area contributed by atoms with Crippen LogP contribution in [0.2, 0.25) is 0 Å². The number of Topliss-reactive ketones (excluding diaryl/α,β-unsaturated/α-hetero) is 1. The molecule has 0 fully saturated rings. The number of carbonyl (C=O) groups is 1. The van der Waals surface area contributed by atoms with E-state index in [2.05, 4.69) is 0 Å². The van der Waals surface area contributed by atoms with Gasteiger partial charge in [-0.3, -0.25) is 4.79 Å². The van der Waals surface area contributed by atoms with Crippen molar-refractivity contribution in [2.45, 2.75) is 6.42 Å². The second-order valence-corrected chi connectivity index (χ2v) is 5.65. The summed E-state index contributed by atoms with van der Waals surface area (Å²) in [7, 11) is 0. The molecule has 3 aromatic carbocycles. The van der Waals surface area contributed by atoms with Crippen molar-refractivity contribution in [1.82, 2.24) is 0 Å². The zero-order valence-corrected chi connectivity index (χ0v) is 11.8. The van der Waals surface area contributed by atoms with Crippen molar-refractivity contribution in [1.29, 1.82) is 0 Å². The molecule has 0 amide bonds. The predicted molar refractivity (Wildman–Crippen MR) is 85.7 cm³/mol. The van der Waals surface area contributed by atoms with Crippen molar-refractivity contribution in [3.8, 4) is 5.75 Å². The molecule has 3 heteroatoms. The number of halogens is 1. The fourth-order valence-electron chi connectivity index (χ4n) is 2.91.